The predicted octanol–water partition coefficient (Wildman–Crippen LogP) is 1.17. The van der Waals surface area contributed by atoms with E-state index in [4.69, 9.17) is 4.74 Å². The number of cyclic esters (lactones) is 1. The molecule has 0 fully saturated rings. The Balaban J connectivity index is 2.34. The van der Waals surface area contributed by atoms with Crippen LogP contribution in [0.4, 0.5) is 0 Å². The number of carbonyl (C=O) groups is 1. The number of esters is 1. The standard InChI is InChI=1S/C9H7NO4/c11-9-7-4-2-1-3-6(7)8(14-9)5-10(12)13/h1-4,8H,5H2/t8-/m1/s1. The summed E-state index contributed by atoms with van der Waals surface area (Å²) in [5.74, 6) is -0.479. The molecule has 0 unspecified atom stereocenters. The lowest BCUT2D eigenvalue weighted by molar-refractivity contribution is -0.490. The SMILES string of the molecule is O=C1O[C@H](C[N+](=O)[O-])c2ccccc21. The first kappa shape index (κ1) is 8.68. The summed E-state index contributed by atoms with van der Waals surface area (Å²) in [5.41, 5.74) is 1.04. The molecular weight excluding hydrogens is 186 g/mol. The normalized spacial score (nSPS) is 18.9. The number of nitrogens with zero attached hydrogens (tertiary/aromatic N) is 1. The van der Waals surface area contributed by atoms with Crippen molar-refractivity contribution >= 4 is 5.97 Å². The fourth-order valence-electron chi connectivity index (χ4n) is 1.49. The summed E-state index contributed by atoms with van der Waals surface area (Å²) in [6.07, 6.45) is -0.728. The number of fused-ring (bicyclic) bond motifs is 1. The van der Waals surface area contributed by atoms with Gasteiger partial charge in [0, 0.05) is 10.5 Å². The van der Waals surface area contributed by atoms with E-state index in [9.17, 15) is 14.9 Å². The second-order valence-electron chi connectivity index (χ2n) is 3.00. The Morgan fingerprint density at radius 2 is 2.14 bits per heavy atom. The number of hydrogen-bond acceptors (Lipinski definition) is 4. The Kier molecular flexibility index (Phi) is 1.92. The van der Waals surface area contributed by atoms with Gasteiger partial charge in [0.1, 0.15) is 0 Å². The van der Waals surface area contributed by atoms with Crippen molar-refractivity contribution in [1.82, 2.24) is 0 Å². The molecule has 1 aliphatic rings. The van der Waals surface area contributed by atoms with Gasteiger partial charge >= 0.3 is 5.97 Å². The summed E-state index contributed by atoms with van der Waals surface area (Å²) >= 11 is 0. The van der Waals surface area contributed by atoms with Gasteiger partial charge in [-0.05, 0) is 6.07 Å². The molecule has 72 valence electrons. The van der Waals surface area contributed by atoms with Crippen molar-refractivity contribution in [2.75, 3.05) is 6.54 Å². The molecule has 0 bridgehead atoms. The molecule has 14 heavy (non-hydrogen) atoms. The van der Waals surface area contributed by atoms with E-state index in [0.29, 0.717) is 11.1 Å². The summed E-state index contributed by atoms with van der Waals surface area (Å²) in [4.78, 5) is 21.0. The number of rotatable bonds is 2. The third-order valence-electron chi connectivity index (χ3n) is 2.09. The summed E-state index contributed by atoms with van der Waals surface area (Å²) in [6, 6.07) is 6.72. The topological polar surface area (TPSA) is 69.4 Å². The van der Waals surface area contributed by atoms with Crippen LogP contribution in [0.15, 0.2) is 24.3 Å². The van der Waals surface area contributed by atoms with Gasteiger partial charge in [0.25, 0.3) is 0 Å². The van der Waals surface area contributed by atoms with E-state index >= 15 is 0 Å². The number of nitro groups is 1. The van der Waals surface area contributed by atoms with Gasteiger partial charge in [-0.15, -0.1) is 0 Å². The van der Waals surface area contributed by atoms with Crippen LogP contribution in [0.5, 0.6) is 0 Å². The van der Waals surface area contributed by atoms with Crippen LogP contribution < -0.4 is 0 Å². The maximum atomic E-state index is 11.2. The highest BCUT2D eigenvalue weighted by atomic mass is 16.6. The summed E-state index contributed by atoms with van der Waals surface area (Å²) < 4.78 is 4.86. The molecule has 0 aromatic heterocycles. The van der Waals surface area contributed by atoms with Crippen LogP contribution in [0, 0.1) is 10.1 Å². The van der Waals surface area contributed by atoms with Gasteiger partial charge in [0.2, 0.25) is 6.54 Å². The maximum absolute atomic E-state index is 11.2. The lowest BCUT2D eigenvalue weighted by atomic mass is 10.1. The van der Waals surface area contributed by atoms with Gasteiger partial charge in [-0.1, -0.05) is 18.2 Å². The molecule has 1 heterocycles. The lowest BCUT2D eigenvalue weighted by Crippen LogP contribution is -2.12. The lowest BCUT2D eigenvalue weighted by Gasteiger charge is -2.03. The van der Waals surface area contributed by atoms with Crippen molar-refractivity contribution in [2.45, 2.75) is 6.10 Å². The molecule has 1 aromatic rings. The summed E-state index contributed by atoms with van der Waals surface area (Å²) in [7, 11) is 0. The Morgan fingerprint density at radius 1 is 1.43 bits per heavy atom. The van der Waals surface area contributed by atoms with E-state index in [1.165, 1.54) is 0 Å². The number of carbonyl (C=O) groups excluding carboxylic acids is 1. The highest BCUT2D eigenvalue weighted by Gasteiger charge is 2.33. The molecule has 0 amide bonds. The average molecular weight is 193 g/mol. The van der Waals surface area contributed by atoms with Crippen molar-refractivity contribution in [3.05, 3.63) is 45.5 Å². The second kappa shape index (κ2) is 3.10. The van der Waals surface area contributed by atoms with E-state index in [1.54, 1.807) is 24.3 Å². The summed E-state index contributed by atoms with van der Waals surface area (Å²) in [6.45, 7) is -0.372. The maximum Gasteiger partial charge on any atom is 0.339 e. The van der Waals surface area contributed by atoms with E-state index in [0.717, 1.165) is 0 Å². The van der Waals surface area contributed by atoms with Gasteiger partial charge in [0.05, 0.1) is 5.56 Å². The molecule has 0 saturated heterocycles. The molecule has 0 radical (unpaired) electrons. The zero-order valence-corrected chi connectivity index (χ0v) is 7.17. The zero-order valence-electron chi connectivity index (χ0n) is 7.17. The van der Waals surface area contributed by atoms with E-state index in [1.807, 2.05) is 0 Å². The van der Waals surface area contributed by atoms with Gasteiger partial charge in [-0.3, -0.25) is 10.1 Å². The highest BCUT2D eigenvalue weighted by Crippen LogP contribution is 2.29. The number of benzene rings is 1. The fraction of sp³-hybridized carbons (Fsp3) is 0.222. The van der Waals surface area contributed by atoms with Crippen LogP contribution in [0.25, 0.3) is 0 Å². The molecule has 1 aromatic carbocycles. The third kappa shape index (κ3) is 1.32. The van der Waals surface area contributed by atoms with Crippen LogP contribution in [-0.2, 0) is 4.74 Å². The quantitative estimate of drug-likeness (QED) is 0.401. The first-order chi connectivity index (χ1) is 6.68. The van der Waals surface area contributed by atoms with Crippen molar-refractivity contribution in [2.24, 2.45) is 0 Å². The third-order valence-corrected chi connectivity index (χ3v) is 2.09. The van der Waals surface area contributed by atoms with Crippen molar-refractivity contribution in [3.63, 3.8) is 0 Å². The molecule has 0 aliphatic carbocycles. The van der Waals surface area contributed by atoms with Crippen molar-refractivity contribution in [1.29, 1.82) is 0 Å². The molecular formula is C9H7NO4. The van der Waals surface area contributed by atoms with E-state index in [2.05, 4.69) is 0 Å². The molecule has 5 nitrogen and oxygen atoms in total. The minimum Gasteiger partial charge on any atom is -0.447 e. The van der Waals surface area contributed by atoms with Crippen LogP contribution in [0.1, 0.15) is 22.0 Å². The van der Waals surface area contributed by atoms with E-state index < -0.39 is 17.0 Å². The van der Waals surface area contributed by atoms with Crippen LogP contribution in [0.2, 0.25) is 0 Å². The largest absolute Gasteiger partial charge is 0.447 e. The molecule has 1 atom stereocenters. The first-order valence-electron chi connectivity index (χ1n) is 4.10. The Labute approximate surface area is 79.4 Å². The molecule has 2 rings (SSSR count). The molecule has 0 N–H and O–H groups in total. The Hall–Kier alpha value is -1.91. The number of ether oxygens (including phenoxy) is 1. The second-order valence-corrected chi connectivity index (χ2v) is 3.00. The fourth-order valence-corrected chi connectivity index (χ4v) is 1.49. The van der Waals surface area contributed by atoms with Crippen LogP contribution in [-0.4, -0.2) is 17.4 Å². The van der Waals surface area contributed by atoms with Crippen LogP contribution in [0.3, 0.4) is 0 Å². The minimum absolute atomic E-state index is 0.372. The highest BCUT2D eigenvalue weighted by molar-refractivity contribution is 5.93. The predicted molar refractivity (Wildman–Crippen MR) is 46.5 cm³/mol. The molecule has 5 heteroatoms. The zero-order chi connectivity index (χ0) is 10.1. The monoisotopic (exact) mass is 193 g/mol. The van der Waals surface area contributed by atoms with Gasteiger partial charge in [-0.25, -0.2) is 4.79 Å². The smallest absolute Gasteiger partial charge is 0.339 e. The Bertz CT molecular complexity index is 400. The summed E-state index contributed by atoms with van der Waals surface area (Å²) in [5, 5.41) is 10.3. The van der Waals surface area contributed by atoms with Gasteiger partial charge < -0.3 is 4.74 Å². The Morgan fingerprint density at radius 3 is 2.86 bits per heavy atom. The van der Waals surface area contributed by atoms with Crippen molar-refractivity contribution < 1.29 is 14.5 Å². The average Bonchev–Trinajstić information content (AvgIpc) is 2.44. The van der Waals surface area contributed by atoms with Crippen molar-refractivity contribution in [3.8, 4) is 0 Å². The molecule has 0 spiro atoms. The van der Waals surface area contributed by atoms with Gasteiger partial charge in [0.15, 0.2) is 6.10 Å². The van der Waals surface area contributed by atoms with E-state index in [-0.39, 0.29) is 6.54 Å². The minimum atomic E-state index is -0.728. The molecule has 1 aliphatic heterocycles. The number of hydrogen-bond donors (Lipinski definition) is 0. The first-order valence-corrected chi connectivity index (χ1v) is 4.10. The molecule has 0 saturated carbocycles. The van der Waals surface area contributed by atoms with Gasteiger partial charge in [-0.2, -0.15) is 0 Å². The van der Waals surface area contributed by atoms with Crippen LogP contribution >= 0.6 is 0 Å².